The van der Waals surface area contributed by atoms with Crippen LogP contribution in [-0.2, 0) is 9.31 Å². The fraction of sp³-hybridized carbons (Fsp3) is 0.375. The number of halogens is 4. The van der Waals surface area contributed by atoms with Gasteiger partial charge in [0.15, 0.2) is 17.5 Å². The minimum Gasteiger partial charge on any atom is -0.398 e. The van der Waals surface area contributed by atoms with E-state index in [0.29, 0.717) is 0 Å². The van der Waals surface area contributed by atoms with Crippen LogP contribution in [0.25, 0.3) is 11.8 Å². The summed E-state index contributed by atoms with van der Waals surface area (Å²) in [4.78, 5) is 0. The van der Waals surface area contributed by atoms with Gasteiger partial charge in [0.25, 0.3) is 0 Å². The first kappa shape index (κ1) is 18.6. The van der Waals surface area contributed by atoms with Gasteiger partial charge in [0.1, 0.15) is 11.4 Å². The lowest BCUT2D eigenvalue weighted by atomic mass is 9.87. The molecule has 1 aromatic carbocycles. The fourth-order valence-corrected chi connectivity index (χ4v) is 2.31. The first-order valence-corrected chi connectivity index (χ1v) is 7.80. The molecule has 1 saturated heterocycles. The van der Waals surface area contributed by atoms with Crippen molar-refractivity contribution in [1.29, 1.82) is 0 Å². The summed E-state index contributed by atoms with van der Waals surface area (Å²) < 4.78 is 66.2. The second kappa shape index (κ2) is 6.20. The molecule has 10 heteroatoms. The van der Waals surface area contributed by atoms with Crippen molar-refractivity contribution < 1.29 is 26.9 Å². The van der Waals surface area contributed by atoms with Crippen molar-refractivity contribution in [2.75, 3.05) is 0 Å². The minimum absolute atomic E-state index is 0.0716. The van der Waals surface area contributed by atoms with E-state index in [-0.39, 0.29) is 11.4 Å². The summed E-state index contributed by atoms with van der Waals surface area (Å²) >= 11 is 0. The average molecular weight is 369 g/mol. The van der Waals surface area contributed by atoms with Crippen LogP contribution < -0.4 is 0 Å². The Balaban J connectivity index is 1.84. The lowest BCUT2D eigenvalue weighted by Crippen LogP contribution is -2.41. The van der Waals surface area contributed by atoms with Crippen LogP contribution in [0.5, 0.6) is 0 Å². The van der Waals surface area contributed by atoms with E-state index in [0.717, 1.165) is 22.9 Å². The quantitative estimate of drug-likeness (QED) is 0.471. The van der Waals surface area contributed by atoms with Gasteiger partial charge in [-0.15, -0.1) is 5.10 Å². The van der Waals surface area contributed by atoms with E-state index >= 15 is 0 Å². The SMILES string of the molecule is CC1(C)OB(C(F)=Cc2cn(-c3cc(F)c(F)c(F)c3)nn2)OC1(C)C. The van der Waals surface area contributed by atoms with Gasteiger partial charge in [0.2, 0.25) is 0 Å². The van der Waals surface area contributed by atoms with Gasteiger partial charge in [-0.05, 0) is 33.8 Å². The average Bonchev–Trinajstić information content (AvgIpc) is 3.07. The number of nitrogens with zero attached hydrogens (tertiary/aromatic N) is 3. The highest BCUT2D eigenvalue weighted by molar-refractivity contribution is 6.54. The van der Waals surface area contributed by atoms with Crippen LogP contribution in [0.15, 0.2) is 24.1 Å². The Morgan fingerprint density at radius 2 is 1.62 bits per heavy atom. The molecular formula is C16H16BF4N3O2. The second-order valence-corrected chi connectivity index (χ2v) is 6.93. The largest absolute Gasteiger partial charge is 0.525 e. The summed E-state index contributed by atoms with van der Waals surface area (Å²) in [6.07, 6.45) is 2.28. The molecule has 1 aliphatic heterocycles. The van der Waals surface area contributed by atoms with E-state index in [1.165, 1.54) is 6.20 Å². The molecule has 5 nitrogen and oxygen atoms in total. The minimum atomic E-state index is -1.58. The van der Waals surface area contributed by atoms with Gasteiger partial charge < -0.3 is 9.31 Å². The standard InChI is InChI=1S/C16H16BF4N3O2/c1-15(2)16(3,4)26-17(25-15)13(20)5-9-8-24(23-22-9)10-6-11(18)14(21)12(19)7-10/h5-8H,1-4H3. The van der Waals surface area contributed by atoms with Gasteiger partial charge in [0.05, 0.1) is 23.1 Å². The third-order valence-corrected chi connectivity index (χ3v) is 4.51. The summed E-state index contributed by atoms with van der Waals surface area (Å²) in [7, 11) is -1.20. The molecule has 0 amide bonds. The summed E-state index contributed by atoms with van der Waals surface area (Å²) in [5.74, 6) is -4.31. The molecule has 3 rings (SSSR count). The molecule has 2 aromatic rings. The van der Waals surface area contributed by atoms with Gasteiger partial charge in [-0.25, -0.2) is 22.2 Å². The number of hydrogen-bond acceptors (Lipinski definition) is 4. The fourth-order valence-electron chi connectivity index (χ4n) is 2.31. The van der Waals surface area contributed by atoms with Crippen LogP contribution in [0.2, 0.25) is 0 Å². The summed E-state index contributed by atoms with van der Waals surface area (Å²) in [5, 5.41) is 7.36. The van der Waals surface area contributed by atoms with Crippen molar-refractivity contribution in [2.24, 2.45) is 0 Å². The Kier molecular flexibility index (Phi) is 4.44. The summed E-state index contributed by atoms with van der Waals surface area (Å²) in [6.45, 7) is 7.14. The van der Waals surface area contributed by atoms with Crippen molar-refractivity contribution in [2.45, 2.75) is 38.9 Å². The van der Waals surface area contributed by atoms with Gasteiger partial charge in [-0.3, -0.25) is 0 Å². The van der Waals surface area contributed by atoms with E-state index in [2.05, 4.69) is 10.3 Å². The van der Waals surface area contributed by atoms with Crippen molar-refractivity contribution in [3.63, 3.8) is 0 Å². The predicted molar refractivity (Wildman–Crippen MR) is 86.4 cm³/mol. The highest BCUT2D eigenvalue weighted by Gasteiger charge is 2.53. The molecule has 0 aliphatic carbocycles. The lowest BCUT2D eigenvalue weighted by Gasteiger charge is -2.32. The molecule has 1 fully saturated rings. The Labute approximate surface area is 147 Å². The highest BCUT2D eigenvalue weighted by atomic mass is 19.2. The first-order chi connectivity index (χ1) is 12.0. The molecule has 0 saturated carbocycles. The van der Waals surface area contributed by atoms with E-state index in [9.17, 15) is 17.6 Å². The third-order valence-electron chi connectivity index (χ3n) is 4.51. The van der Waals surface area contributed by atoms with Crippen LogP contribution in [0, 0.1) is 17.5 Å². The van der Waals surface area contributed by atoms with E-state index < -0.39 is 41.5 Å². The molecule has 2 heterocycles. The molecule has 0 spiro atoms. The highest BCUT2D eigenvalue weighted by Crippen LogP contribution is 2.39. The van der Waals surface area contributed by atoms with Crippen molar-refractivity contribution in [3.8, 4) is 5.69 Å². The molecule has 0 N–H and O–H groups in total. The van der Waals surface area contributed by atoms with Crippen molar-refractivity contribution in [1.82, 2.24) is 15.0 Å². The maximum atomic E-state index is 14.4. The Bertz CT molecular complexity index is 843. The van der Waals surface area contributed by atoms with Gasteiger partial charge in [-0.1, -0.05) is 5.21 Å². The van der Waals surface area contributed by atoms with E-state index in [4.69, 9.17) is 9.31 Å². The lowest BCUT2D eigenvalue weighted by molar-refractivity contribution is 0.00578. The number of rotatable bonds is 3. The van der Waals surface area contributed by atoms with Crippen LogP contribution in [0.1, 0.15) is 33.4 Å². The van der Waals surface area contributed by atoms with E-state index in [1.807, 2.05) is 0 Å². The zero-order valence-corrected chi connectivity index (χ0v) is 14.6. The molecule has 0 atom stereocenters. The normalized spacial score (nSPS) is 19.2. The Hall–Kier alpha value is -2.20. The molecule has 0 radical (unpaired) electrons. The number of hydrogen-bond donors (Lipinski definition) is 0. The van der Waals surface area contributed by atoms with E-state index in [1.54, 1.807) is 27.7 Å². The van der Waals surface area contributed by atoms with Crippen LogP contribution >= 0.6 is 0 Å². The van der Waals surface area contributed by atoms with Crippen molar-refractivity contribution >= 4 is 13.2 Å². The van der Waals surface area contributed by atoms with Crippen LogP contribution in [0.3, 0.4) is 0 Å². The molecule has 0 unspecified atom stereocenters. The van der Waals surface area contributed by atoms with Gasteiger partial charge >= 0.3 is 7.12 Å². The molecule has 138 valence electrons. The maximum absolute atomic E-state index is 14.4. The van der Waals surface area contributed by atoms with Crippen LogP contribution in [0.4, 0.5) is 17.6 Å². The van der Waals surface area contributed by atoms with Crippen LogP contribution in [-0.4, -0.2) is 33.3 Å². The molecular weight excluding hydrogens is 353 g/mol. The first-order valence-electron chi connectivity index (χ1n) is 7.80. The van der Waals surface area contributed by atoms with Gasteiger partial charge in [0, 0.05) is 12.1 Å². The molecule has 0 bridgehead atoms. The smallest absolute Gasteiger partial charge is 0.398 e. The zero-order chi connectivity index (χ0) is 19.3. The Morgan fingerprint density at radius 3 is 2.15 bits per heavy atom. The Morgan fingerprint density at radius 1 is 1.08 bits per heavy atom. The topological polar surface area (TPSA) is 49.2 Å². The molecule has 26 heavy (non-hydrogen) atoms. The predicted octanol–water partition coefficient (Wildman–Crippen LogP) is 3.63. The van der Waals surface area contributed by atoms with Gasteiger partial charge in [-0.2, -0.15) is 0 Å². The second-order valence-electron chi connectivity index (χ2n) is 6.93. The summed E-state index contributed by atoms with van der Waals surface area (Å²) in [6, 6.07) is 1.51. The molecule has 1 aliphatic rings. The number of aromatic nitrogens is 3. The monoisotopic (exact) mass is 369 g/mol. The third kappa shape index (κ3) is 3.26. The summed E-state index contributed by atoms with van der Waals surface area (Å²) in [5.41, 5.74) is -2.16. The zero-order valence-electron chi connectivity index (χ0n) is 14.6. The number of benzene rings is 1. The molecule has 1 aromatic heterocycles. The van der Waals surface area contributed by atoms with Crippen molar-refractivity contribution in [3.05, 3.63) is 47.2 Å². The maximum Gasteiger partial charge on any atom is 0.525 e.